The first kappa shape index (κ1) is 16.2. The van der Waals surface area contributed by atoms with Crippen molar-refractivity contribution in [2.24, 2.45) is 0 Å². The molecule has 0 spiro atoms. The molecule has 0 bridgehead atoms. The zero-order valence-corrected chi connectivity index (χ0v) is 14.3. The number of nitrogens with zero attached hydrogens (tertiary/aromatic N) is 2. The van der Waals surface area contributed by atoms with E-state index in [1.165, 1.54) is 0 Å². The number of carbonyl (C=O) groups is 3. The molecule has 0 radical (unpaired) electrons. The quantitative estimate of drug-likeness (QED) is 0.835. The third-order valence-corrected chi connectivity index (χ3v) is 5.34. The van der Waals surface area contributed by atoms with E-state index in [0.29, 0.717) is 30.2 Å². The highest BCUT2D eigenvalue weighted by Gasteiger charge is 2.51. The van der Waals surface area contributed by atoms with Crippen molar-refractivity contribution in [2.75, 3.05) is 18.4 Å². The highest BCUT2D eigenvalue weighted by Crippen LogP contribution is 2.32. The molecule has 3 saturated heterocycles. The molecule has 4 amide bonds. The van der Waals surface area contributed by atoms with E-state index < -0.39 is 6.04 Å². The summed E-state index contributed by atoms with van der Waals surface area (Å²) in [5.41, 5.74) is 0.591. The smallest absolute Gasteiger partial charge is 0.319 e. The molecule has 0 unspecified atom stereocenters. The lowest BCUT2D eigenvalue weighted by molar-refractivity contribution is -0.156. The van der Waals surface area contributed by atoms with Gasteiger partial charge in [0.05, 0.1) is 6.04 Å². The molecule has 3 heterocycles. The number of anilines is 1. The minimum Gasteiger partial charge on any atom is -0.333 e. The number of hydrogen-bond acceptors (Lipinski definition) is 3. The summed E-state index contributed by atoms with van der Waals surface area (Å²) in [5.74, 6) is 0.0308. The van der Waals surface area contributed by atoms with Crippen molar-refractivity contribution < 1.29 is 14.4 Å². The molecule has 7 nitrogen and oxygen atoms in total. The molecule has 4 rings (SSSR count). The lowest BCUT2D eigenvalue weighted by Crippen LogP contribution is -2.60. The first-order chi connectivity index (χ1) is 12.0. The van der Waals surface area contributed by atoms with Gasteiger partial charge in [0.25, 0.3) is 0 Å². The van der Waals surface area contributed by atoms with Crippen molar-refractivity contribution in [2.45, 2.75) is 37.4 Å². The number of fused-ring (bicyclic) bond motifs is 2. The minimum absolute atomic E-state index is 0.0154. The Morgan fingerprint density at radius 1 is 1.16 bits per heavy atom. The maximum absolute atomic E-state index is 12.6. The topological polar surface area (TPSA) is 81.8 Å². The Bertz CT molecular complexity index is 710. The average molecular weight is 363 g/mol. The van der Waals surface area contributed by atoms with E-state index in [-0.39, 0.29) is 29.9 Å². The van der Waals surface area contributed by atoms with Gasteiger partial charge in [-0.05, 0) is 37.5 Å². The van der Waals surface area contributed by atoms with Crippen LogP contribution in [0, 0.1) is 0 Å². The summed E-state index contributed by atoms with van der Waals surface area (Å²) in [4.78, 5) is 40.7. The Balaban J connectivity index is 1.40. The van der Waals surface area contributed by atoms with Gasteiger partial charge in [-0.2, -0.15) is 0 Å². The lowest BCUT2D eigenvalue weighted by Gasteiger charge is -2.38. The maximum atomic E-state index is 12.6. The van der Waals surface area contributed by atoms with Crippen LogP contribution >= 0.6 is 11.6 Å². The highest BCUT2D eigenvalue weighted by atomic mass is 35.5. The van der Waals surface area contributed by atoms with Crippen LogP contribution in [0.5, 0.6) is 0 Å². The molecule has 3 atom stereocenters. The maximum Gasteiger partial charge on any atom is 0.319 e. The van der Waals surface area contributed by atoms with E-state index in [2.05, 4.69) is 10.6 Å². The fourth-order valence-electron chi connectivity index (χ4n) is 4.01. The lowest BCUT2D eigenvalue weighted by atomic mass is 10.1. The van der Waals surface area contributed by atoms with E-state index in [1.54, 1.807) is 34.1 Å². The summed E-state index contributed by atoms with van der Waals surface area (Å²) >= 11 is 5.90. The number of hydrogen-bond donors (Lipinski definition) is 2. The number of nitrogens with one attached hydrogen (secondary N) is 2. The standard InChI is InChI=1S/C17H19ClN4O3/c18-10-3-1-4-11(7-10)19-17(25)20-12-8-14-16(24)21-6-2-5-13(21)15(23)22(14)9-12/h1,3-4,7,12-14H,2,5-6,8-9H2,(H2,19,20,25)/t12-,13-,14-/m0/s1. The predicted octanol–water partition coefficient (Wildman–Crippen LogP) is 1.44. The molecule has 0 aromatic heterocycles. The molecule has 3 aliphatic heterocycles. The number of piperazine rings is 1. The van der Waals surface area contributed by atoms with Crippen molar-refractivity contribution in [1.29, 1.82) is 0 Å². The van der Waals surface area contributed by atoms with Gasteiger partial charge < -0.3 is 20.4 Å². The van der Waals surface area contributed by atoms with Crippen LogP contribution in [0.25, 0.3) is 0 Å². The van der Waals surface area contributed by atoms with E-state index in [9.17, 15) is 14.4 Å². The molecule has 132 valence electrons. The van der Waals surface area contributed by atoms with Crippen molar-refractivity contribution in [3.05, 3.63) is 29.3 Å². The van der Waals surface area contributed by atoms with E-state index in [4.69, 9.17) is 11.6 Å². The van der Waals surface area contributed by atoms with Crippen LogP contribution in [0.2, 0.25) is 5.02 Å². The van der Waals surface area contributed by atoms with Gasteiger partial charge in [0.15, 0.2) is 0 Å². The molecule has 0 saturated carbocycles. The number of rotatable bonds is 2. The zero-order chi connectivity index (χ0) is 17.6. The van der Waals surface area contributed by atoms with Crippen molar-refractivity contribution in [1.82, 2.24) is 15.1 Å². The van der Waals surface area contributed by atoms with Crippen LogP contribution < -0.4 is 10.6 Å². The van der Waals surface area contributed by atoms with Gasteiger partial charge in [-0.1, -0.05) is 17.7 Å². The first-order valence-corrected chi connectivity index (χ1v) is 8.85. The third-order valence-electron chi connectivity index (χ3n) is 5.11. The molecular formula is C17H19ClN4O3. The molecular weight excluding hydrogens is 344 g/mol. The monoisotopic (exact) mass is 362 g/mol. The van der Waals surface area contributed by atoms with E-state index in [1.807, 2.05) is 0 Å². The Hall–Kier alpha value is -2.28. The van der Waals surface area contributed by atoms with Crippen molar-refractivity contribution in [3.63, 3.8) is 0 Å². The summed E-state index contributed by atoms with van der Waals surface area (Å²) in [6, 6.07) is 5.51. The Kier molecular flexibility index (Phi) is 4.03. The van der Waals surface area contributed by atoms with Crippen LogP contribution in [0.1, 0.15) is 19.3 Å². The number of halogens is 1. The fraction of sp³-hybridized carbons (Fsp3) is 0.471. The van der Waals surface area contributed by atoms with Crippen molar-refractivity contribution in [3.8, 4) is 0 Å². The molecule has 1 aromatic rings. The number of carbonyl (C=O) groups excluding carboxylic acids is 3. The molecule has 3 aliphatic rings. The molecule has 2 N–H and O–H groups in total. The van der Waals surface area contributed by atoms with Crippen LogP contribution in [0.3, 0.4) is 0 Å². The fourth-order valence-corrected chi connectivity index (χ4v) is 4.20. The number of amides is 4. The van der Waals surface area contributed by atoms with Gasteiger partial charge in [-0.3, -0.25) is 9.59 Å². The van der Waals surface area contributed by atoms with Crippen molar-refractivity contribution >= 4 is 35.1 Å². The zero-order valence-electron chi connectivity index (χ0n) is 13.6. The van der Waals surface area contributed by atoms with Gasteiger partial charge in [0, 0.05) is 23.8 Å². The van der Waals surface area contributed by atoms with Gasteiger partial charge in [0.1, 0.15) is 12.1 Å². The normalized spacial score (nSPS) is 28.0. The van der Waals surface area contributed by atoms with E-state index in [0.717, 1.165) is 12.8 Å². The summed E-state index contributed by atoms with van der Waals surface area (Å²) in [7, 11) is 0. The summed E-state index contributed by atoms with van der Waals surface area (Å²) < 4.78 is 0. The van der Waals surface area contributed by atoms with Crippen LogP contribution in [0.4, 0.5) is 10.5 Å². The number of urea groups is 1. The predicted molar refractivity (Wildman–Crippen MR) is 92.2 cm³/mol. The Morgan fingerprint density at radius 2 is 1.96 bits per heavy atom. The SMILES string of the molecule is O=C(Nc1cccc(Cl)c1)N[C@H]1C[C@H]2C(=O)N3CCC[C@H]3C(=O)N2C1. The van der Waals surface area contributed by atoms with Crippen LogP contribution in [-0.2, 0) is 9.59 Å². The summed E-state index contributed by atoms with van der Waals surface area (Å²) in [5, 5.41) is 6.11. The number of benzene rings is 1. The summed E-state index contributed by atoms with van der Waals surface area (Å²) in [6.45, 7) is 1.04. The molecule has 25 heavy (non-hydrogen) atoms. The molecule has 3 fully saturated rings. The average Bonchev–Trinajstić information content (AvgIpc) is 3.20. The van der Waals surface area contributed by atoms with Gasteiger partial charge in [-0.15, -0.1) is 0 Å². The van der Waals surface area contributed by atoms with Gasteiger partial charge >= 0.3 is 6.03 Å². The molecule has 0 aliphatic carbocycles. The summed E-state index contributed by atoms with van der Waals surface area (Å²) in [6.07, 6.45) is 2.07. The molecule has 1 aromatic carbocycles. The van der Waals surface area contributed by atoms with Crippen LogP contribution in [-0.4, -0.2) is 58.9 Å². The largest absolute Gasteiger partial charge is 0.333 e. The van der Waals surface area contributed by atoms with Gasteiger partial charge in [0.2, 0.25) is 11.8 Å². The van der Waals surface area contributed by atoms with E-state index >= 15 is 0 Å². The third kappa shape index (κ3) is 2.93. The van der Waals surface area contributed by atoms with Gasteiger partial charge in [-0.25, -0.2) is 4.79 Å². The Labute approximate surface area is 150 Å². The Morgan fingerprint density at radius 3 is 2.76 bits per heavy atom. The second-order valence-electron chi connectivity index (χ2n) is 6.74. The second-order valence-corrected chi connectivity index (χ2v) is 7.17. The highest BCUT2D eigenvalue weighted by molar-refractivity contribution is 6.30. The second kappa shape index (κ2) is 6.22. The van der Waals surface area contributed by atoms with Crippen LogP contribution in [0.15, 0.2) is 24.3 Å². The minimum atomic E-state index is -0.446. The first-order valence-electron chi connectivity index (χ1n) is 8.47. The molecule has 8 heteroatoms.